The first kappa shape index (κ1) is 19.2. The van der Waals surface area contributed by atoms with Gasteiger partial charge in [0.1, 0.15) is 5.82 Å². The molecule has 0 aliphatic carbocycles. The summed E-state index contributed by atoms with van der Waals surface area (Å²) < 4.78 is 5.17. The van der Waals surface area contributed by atoms with E-state index >= 15 is 0 Å². The van der Waals surface area contributed by atoms with Crippen LogP contribution in [0.2, 0.25) is 0 Å². The van der Waals surface area contributed by atoms with Gasteiger partial charge < -0.3 is 19.9 Å². The number of hydrogen-bond acceptors (Lipinski definition) is 5. The molecule has 4 heterocycles. The second kappa shape index (κ2) is 8.07. The minimum atomic E-state index is -0.182. The number of likely N-dealkylation sites (tertiary alicyclic amines) is 2. The summed E-state index contributed by atoms with van der Waals surface area (Å²) in [5.41, 5.74) is 1.12. The van der Waals surface area contributed by atoms with Crippen LogP contribution in [-0.2, 0) is 14.9 Å². The smallest absolute Gasteiger partial charge is 0.409 e. The molecule has 1 unspecified atom stereocenters. The molecule has 0 aromatic carbocycles. The first-order chi connectivity index (χ1) is 13.6. The number of rotatable bonds is 2. The summed E-state index contributed by atoms with van der Waals surface area (Å²) >= 11 is 0. The van der Waals surface area contributed by atoms with Gasteiger partial charge in [0, 0.05) is 42.7 Å². The van der Waals surface area contributed by atoms with E-state index in [1.54, 1.807) is 6.20 Å². The molecule has 0 saturated carbocycles. The predicted molar refractivity (Wildman–Crippen MR) is 106 cm³/mol. The van der Waals surface area contributed by atoms with Crippen LogP contribution in [0.1, 0.15) is 51.0 Å². The van der Waals surface area contributed by atoms with Gasteiger partial charge in [0.2, 0.25) is 5.91 Å². The summed E-state index contributed by atoms with van der Waals surface area (Å²) in [6.45, 7) is 5.81. The van der Waals surface area contributed by atoms with Gasteiger partial charge in [-0.25, -0.2) is 9.78 Å². The third kappa shape index (κ3) is 3.72. The molecule has 7 heteroatoms. The van der Waals surface area contributed by atoms with Crippen LogP contribution in [0.3, 0.4) is 0 Å². The highest BCUT2D eigenvalue weighted by Crippen LogP contribution is 2.44. The number of nitrogens with one attached hydrogen (secondary N) is 1. The monoisotopic (exact) mass is 386 g/mol. The van der Waals surface area contributed by atoms with Crippen LogP contribution in [0, 0.1) is 0 Å². The molecule has 2 amide bonds. The topological polar surface area (TPSA) is 74.8 Å². The van der Waals surface area contributed by atoms with E-state index < -0.39 is 0 Å². The fourth-order valence-electron chi connectivity index (χ4n) is 5.12. The molecule has 1 atom stereocenters. The maximum atomic E-state index is 12.3. The number of pyridine rings is 1. The van der Waals surface area contributed by atoms with Crippen molar-refractivity contribution in [1.29, 1.82) is 0 Å². The summed E-state index contributed by atoms with van der Waals surface area (Å²) in [4.78, 5) is 33.1. The van der Waals surface area contributed by atoms with E-state index in [9.17, 15) is 9.59 Å². The van der Waals surface area contributed by atoms with Gasteiger partial charge in [-0.1, -0.05) is 6.07 Å². The molecule has 152 valence electrons. The van der Waals surface area contributed by atoms with Crippen molar-refractivity contribution in [2.75, 3.05) is 38.1 Å². The van der Waals surface area contributed by atoms with Gasteiger partial charge in [-0.05, 0) is 58.2 Å². The lowest BCUT2D eigenvalue weighted by atomic mass is 9.68. The Morgan fingerprint density at radius 3 is 2.89 bits per heavy atom. The minimum absolute atomic E-state index is 0.0792. The van der Waals surface area contributed by atoms with Gasteiger partial charge in [0.05, 0.1) is 6.61 Å². The van der Waals surface area contributed by atoms with Crippen LogP contribution in [0.25, 0.3) is 0 Å². The minimum Gasteiger partial charge on any atom is -0.450 e. The van der Waals surface area contributed by atoms with Crippen LogP contribution in [0.5, 0.6) is 0 Å². The van der Waals surface area contributed by atoms with E-state index in [4.69, 9.17) is 4.74 Å². The van der Waals surface area contributed by atoms with Crippen LogP contribution in [-0.4, -0.2) is 65.6 Å². The van der Waals surface area contributed by atoms with Crippen molar-refractivity contribution in [2.45, 2.75) is 56.9 Å². The number of carbonyl (C=O) groups excluding carboxylic acids is 2. The highest BCUT2D eigenvalue weighted by molar-refractivity contribution is 5.94. The number of anilines is 1. The summed E-state index contributed by atoms with van der Waals surface area (Å²) in [6, 6.07) is 4.60. The number of hydrogen-bond donors (Lipinski definition) is 1. The Labute approximate surface area is 166 Å². The van der Waals surface area contributed by atoms with Crippen LogP contribution >= 0.6 is 0 Å². The zero-order chi connectivity index (χ0) is 19.6. The molecule has 7 nitrogen and oxygen atoms in total. The Morgan fingerprint density at radius 2 is 2.11 bits per heavy atom. The molecule has 1 aromatic heterocycles. The number of piperidine rings is 1. The molecule has 3 aliphatic rings. The average molecular weight is 386 g/mol. The number of ether oxygens (including phenoxy) is 1. The Morgan fingerprint density at radius 1 is 1.29 bits per heavy atom. The average Bonchev–Trinajstić information content (AvgIpc) is 2.95. The Kier molecular flexibility index (Phi) is 5.53. The number of carbonyl (C=O) groups is 2. The molecule has 3 aliphatic heterocycles. The van der Waals surface area contributed by atoms with Crippen molar-refractivity contribution in [3.8, 4) is 0 Å². The van der Waals surface area contributed by atoms with E-state index in [2.05, 4.69) is 21.3 Å². The van der Waals surface area contributed by atoms with Crippen molar-refractivity contribution in [3.63, 3.8) is 0 Å². The normalized spacial score (nSPS) is 25.0. The molecule has 1 aromatic rings. The summed E-state index contributed by atoms with van der Waals surface area (Å²) in [6.07, 6.45) is 7.20. The lowest BCUT2D eigenvalue weighted by Gasteiger charge is -2.46. The molecule has 1 N–H and O–H groups in total. The van der Waals surface area contributed by atoms with Gasteiger partial charge >= 0.3 is 6.09 Å². The van der Waals surface area contributed by atoms with E-state index in [-0.39, 0.29) is 17.4 Å². The van der Waals surface area contributed by atoms with Crippen molar-refractivity contribution in [1.82, 2.24) is 14.8 Å². The Hall–Kier alpha value is -2.15. The van der Waals surface area contributed by atoms with Crippen molar-refractivity contribution in [3.05, 3.63) is 23.9 Å². The zero-order valence-electron chi connectivity index (χ0n) is 16.7. The fraction of sp³-hybridized carbons (Fsp3) is 0.667. The number of nitrogens with zero attached hydrogens (tertiary/aromatic N) is 3. The second-order valence-electron chi connectivity index (χ2n) is 8.21. The molecule has 2 saturated heterocycles. The quantitative estimate of drug-likeness (QED) is 0.846. The maximum absolute atomic E-state index is 12.3. The molecule has 1 spiro atoms. The Balaban J connectivity index is 1.40. The maximum Gasteiger partial charge on any atom is 0.409 e. The number of amides is 2. The molecule has 4 rings (SSSR count). The molecule has 2 fully saturated rings. The van der Waals surface area contributed by atoms with Crippen LogP contribution in [0.15, 0.2) is 18.3 Å². The fourth-order valence-corrected chi connectivity index (χ4v) is 5.12. The SMILES string of the molecule is CCOC(=O)N1CCCC(N2CCC3(CC2)CC(=O)Nc2ncccc23)CC1. The van der Waals surface area contributed by atoms with Gasteiger partial charge in [0.15, 0.2) is 0 Å². The van der Waals surface area contributed by atoms with Crippen LogP contribution in [0.4, 0.5) is 10.6 Å². The third-order valence-electron chi connectivity index (χ3n) is 6.63. The molecule has 0 radical (unpaired) electrons. The highest BCUT2D eigenvalue weighted by Gasteiger charge is 2.43. The third-order valence-corrected chi connectivity index (χ3v) is 6.63. The van der Waals surface area contributed by atoms with Gasteiger partial charge in [0.25, 0.3) is 0 Å². The van der Waals surface area contributed by atoms with E-state index in [0.29, 0.717) is 19.1 Å². The molecule has 0 bridgehead atoms. The van der Waals surface area contributed by atoms with Crippen molar-refractivity contribution in [2.24, 2.45) is 0 Å². The molecular formula is C21H30N4O3. The molecule has 28 heavy (non-hydrogen) atoms. The van der Waals surface area contributed by atoms with Gasteiger partial charge in [-0.2, -0.15) is 0 Å². The van der Waals surface area contributed by atoms with Crippen molar-refractivity contribution >= 4 is 17.8 Å². The zero-order valence-corrected chi connectivity index (χ0v) is 16.7. The summed E-state index contributed by atoms with van der Waals surface area (Å²) in [5.74, 6) is 0.825. The summed E-state index contributed by atoms with van der Waals surface area (Å²) in [5, 5.41) is 2.93. The first-order valence-electron chi connectivity index (χ1n) is 10.5. The van der Waals surface area contributed by atoms with E-state index in [1.807, 2.05) is 17.9 Å². The number of aromatic nitrogens is 1. The van der Waals surface area contributed by atoms with Crippen LogP contribution < -0.4 is 5.32 Å². The van der Waals surface area contributed by atoms with Gasteiger partial charge in [-0.3, -0.25) is 4.79 Å². The Bertz CT molecular complexity index is 730. The first-order valence-corrected chi connectivity index (χ1v) is 10.5. The van der Waals surface area contributed by atoms with Crippen molar-refractivity contribution < 1.29 is 14.3 Å². The lowest BCUT2D eigenvalue weighted by Crippen LogP contribution is -2.50. The van der Waals surface area contributed by atoms with E-state index in [1.165, 1.54) is 5.56 Å². The standard InChI is InChI=1S/C21H30N4O3/c1-2-28-20(27)25-11-4-5-16(7-12-25)24-13-8-21(9-14-24)15-18(26)23-19-17(21)6-3-10-22-19/h3,6,10,16H,2,4-5,7-9,11-15H2,1H3,(H,22,23,26). The molecular weight excluding hydrogens is 356 g/mol. The predicted octanol–water partition coefficient (Wildman–Crippen LogP) is 2.77. The van der Waals surface area contributed by atoms with E-state index in [0.717, 1.165) is 64.1 Å². The van der Waals surface area contributed by atoms with Gasteiger partial charge in [-0.15, -0.1) is 0 Å². The highest BCUT2D eigenvalue weighted by atomic mass is 16.6. The second-order valence-corrected chi connectivity index (χ2v) is 8.21. The number of fused-ring (bicyclic) bond motifs is 2. The summed E-state index contributed by atoms with van der Waals surface area (Å²) in [7, 11) is 0. The lowest BCUT2D eigenvalue weighted by molar-refractivity contribution is -0.118. The largest absolute Gasteiger partial charge is 0.450 e.